The number of carbonyl (C=O) groups is 1. The third kappa shape index (κ3) is 2.46. The van der Waals surface area contributed by atoms with Gasteiger partial charge in [-0.1, -0.05) is 12.1 Å². The summed E-state index contributed by atoms with van der Waals surface area (Å²) < 4.78 is 27.2. The van der Waals surface area contributed by atoms with Crippen molar-refractivity contribution in [2.75, 3.05) is 11.1 Å². The fourth-order valence-corrected chi connectivity index (χ4v) is 2.16. The SMILES string of the molecule is Nc1ccc2ccnc(C(=O)Nc3c(F)cccc3F)c2c1. The quantitative estimate of drug-likeness (QED) is 0.713. The highest BCUT2D eigenvalue weighted by Gasteiger charge is 2.16. The number of hydrogen-bond acceptors (Lipinski definition) is 3. The maximum Gasteiger partial charge on any atom is 0.275 e. The molecule has 0 aliphatic carbocycles. The second kappa shape index (κ2) is 5.40. The van der Waals surface area contributed by atoms with E-state index in [2.05, 4.69) is 10.3 Å². The van der Waals surface area contributed by atoms with Gasteiger partial charge in [-0.15, -0.1) is 0 Å². The largest absolute Gasteiger partial charge is 0.399 e. The van der Waals surface area contributed by atoms with Gasteiger partial charge in [0.1, 0.15) is 23.0 Å². The van der Waals surface area contributed by atoms with Crippen LogP contribution < -0.4 is 11.1 Å². The molecule has 22 heavy (non-hydrogen) atoms. The molecule has 6 heteroatoms. The number of fused-ring (bicyclic) bond motifs is 1. The highest BCUT2D eigenvalue weighted by atomic mass is 19.1. The van der Waals surface area contributed by atoms with Gasteiger partial charge < -0.3 is 11.1 Å². The Kier molecular flexibility index (Phi) is 3.42. The molecule has 3 N–H and O–H groups in total. The van der Waals surface area contributed by atoms with Crippen molar-refractivity contribution in [3.8, 4) is 0 Å². The molecule has 0 atom stereocenters. The Bertz CT molecular complexity index is 860. The zero-order valence-corrected chi connectivity index (χ0v) is 11.3. The Morgan fingerprint density at radius 2 is 1.82 bits per heavy atom. The predicted octanol–water partition coefficient (Wildman–Crippen LogP) is 3.35. The Hall–Kier alpha value is -3.02. The maximum atomic E-state index is 13.6. The Morgan fingerprint density at radius 3 is 2.55 bits per heavy atom. The van der Waals surface area contributed by atoms with Crippen molar-refractivity contribution in [3.63, 3.8) is 0 Å². The molecule has 0 aliphatic rings. The number of anilines is 2. The molecule has 0 bridgehead atoms. The zero-order chi connectivity index (χ0) is 15.7. The van der Waals surface area contributed by atoms with E-state index >= 15 is 0 Å². The summed E-state index contributed by atoms with van der Waals surface area (Å²) in [5, 5.41) is 3.48. The van der Waals surface area contributed by atoms with Crippen molar-refractivity contribution in [2.45, 2.75) is 0 Å². The molecule has 0 unspecified atom stereocenters. The lowest BCUT2D eigenvalue weighted by Crippen LogP contribution is -2.16. The number of nitrogen functional groups attached to an aromatic ring is 1. The van der Waals surface area contributed by atoms with E-state index in [1.807, 2.05) is 0 Å². The molecule has 3 aromatic rings. The van der Waals surface area contributed by atoms with Crippen LogP contribution in [0.5, 0.6) is 0 Å². The molecule has 0 saturated heterocycles. The van der Waals surface area contributed by atoms with Crippen molar-refractivity contribution in [3.05, 3.63) is 66.0 Å². The molecule has 0 fully saturated rings. The number of para-hydroxylation sites is 1. The summed E-state index contributed by atoms with van der Waals surface area (Å²) in [7, 11) is 0. The van der Waals surface area contributed by atoms with Gasteiger partial charge in [0, 0.05) is 17.3 Å². The molecule has 2 aromatic carbocycles. The summed E-state index contributed by atoms with van der Waals surface area (Å²) in [6.45, 7) is 0. The maximum absolute atomic E-state index is 13.6. The summed E-state index contributed by atoms with van der Waals surface area (Å²) in [5.74, 6) is -2.42. The van der Waals surface area contributed by atoms with Gasteiger partial charge in [0.15, 0.2) is 0 Å². The van der Waals surface area contributed by atoms with Crippen LogP contribution in [0.2, 0.25) is 0 Å². The van der Waals surface area contributed by atoms with Crippen LogP contribution in [0.3, 0.4) is 0 Å². The minimum absolute atomic E-state index is 0.0486. The number of aromatic nitrogens is 1. The minimum atomic E-state index is -0.854. The molecule has 4 nitrogen and oxygen atoms in total. The van der Waals surface area contributed by atoms with Crippen LogP contribution >= 0.6 is 0 Å². The second-order valence-corrected chi connectivity index (χ2v) is 4.69. The molecular formula is C16H11F2N3O. The van der Waals surface area contributed by atoms with Crippen LogP contribution in [-0.2, 0) is 0 Å². The first kappa shape index (κ1) is 13.9. The number of nitrogens with one attached hydrogen (secondary N) is 1. The van der Waals surface area contributed by atoms with Gasteiger partial charge in [-0.2, -0.15) is 0 Å². The van der Waals surface area contributed by atoms with Gasteiger partial charge in [0.25, 0.3) is 5.91 Å². The fraction of sp³-hybridized carbons (Fsp3) is 0. The van der Waals surface area contributed by atoms with Crippen LogP contribution in [0, 0.1) is 11.6 Å². The molecule has 0 spiro atoms. The lowest BCUT2D eigenvalue weighted by atomic mass is 10.1. The highest BCUT2D eigenvalue weighted by Crippen LogP contribution is 2.23. The van der Waals surface area contributed by atoms with Gasteiger partial charge in [-0.3, -0.25) is 9.78 Å². The van der Waals surface area contributed by atoms with E-state index in [4.69, 9.17) is 5.73 Å². The van der Waals surface area contributed by atoms with Gasteiger partial charge in [-0.05, 0) is 35.7 Å². The number of nitrogens with zero attached hydrogens (tertiary/aromatic N) is 1. The van der Waals surface area contributed by atoms with Gasteiger partial charge in [-0.25, -0.2) is 8.78 Å². The number of amides is 1. The van der Waals surface area contributed by atoms with Gasteiger partial charge >= 0.3 is 0 Å². The average Bonchev–Trinajstić information content (AvgIpc) is 2.50. The van der Waals surface area contributed by atoms with Crippen LogP contribution in [0.1, 0.15) is 10.5 Å². The summed E-state index contributed by atoms with van der Waals surface area (Å²) in [5.41, 5.74) is 5.72. The topological polar surface area (TPSA) is 68.0 Å². The number of carbonyl (C=O) groups excluding carboxylic acids is 1. The Balaban J connectivity index is 2.04. The molecule has 1 aromatic heterocycles. The number of halogens is 2. The zero-order valence-electron chi connectivity index (χ0n) is 11.3. The van der Waals surface area contributed by atoms with Crippen LogP contribution in [0.25, 0.3) is 10.8 Å². The summed E-state index contributed by atoms with van der Waals surface area (Å²) in [6.07, 6.45) is 1.45. The van der Waals surface area contributed by atoms with E-state index < -0.39 is 23.2 Å². The third-order valence-electron chi connectivity index (χ3n) is 3.21. The Morgan fingerprint density at radius 1 is 1.09 bits per heavy atom. The number of benzene rings is 2. The van der Waals surface area contributed by atoms with E-state index in [0.717, 1.165) is 17.5 Å². The Labute approximate surface area is 124 Å². The molecule has 1 amide bonds. The average molecular weight is 299 g/mol. The predicted molar refractivity (Wildman–Crippen MR) is 80.5 cm³/mol. The lowest BCUT2D eigenvalue weighted by molar-refractivity contribution is 0.102. The highest BCUT2D eigenvalue weighted by molar-refractivity contribution is 6.11. The number of hydrogen-bond donors (Lipinski definition) is 2. The van der Waals surface area contributed by atoms with E-state index in [-0.39, 0.29) is 5.69 Å². The number of pyridine rings is 1. The molecule has 3 rings (SSSR count). The normalized spacial score (nSPS) is 10.6. The minimum Gasteiger partial charge on any atom is -0.399 e. The third-order valence-corrected chi connectivity index (χ3v) is 3.21. The van der Waals surface area contributed by atoms with Crippen molar-refractivity contribution in [1.82, 2.24) is 4.98 Å². The molecule has 110 valence electrons. The van der Waals surface area contributed by atoms with Crippen molar-refractivity contribution in [2.24, 2.45) is 0 Å². The van der Waals surface area contributed by atoms with Crippen molar-refractivity contribution in [1.29, 1.82) is 0 Å². The number of nitrogens with two attached hydrogens (primary N) is 1. The lowest BCUT2D eigenvalue weighted by Gasteiger charge is -2.09. The number of rotatable bonds is 2. The molecular weight excluding hydrogens is 288 g/mol. The second-order valence-electron chi connectivity index (χ2n) is 4.69. The first-order chi connectivity index (χ1) is 10.6. The standard InChI is InChI=1S/C16H11F2N3O/c17-12-2-1-3-13(18)15(12)21-16(22)14-11-8-10(19)5-4-9(11)6-7-20-14/h1-8H,19H2,(H,21,22). The molecule has 1 heterocycles. The van der Waals surface area contributed by atoms with Crippen molar-refractivity contribution >= 4 is 28.1 Å². The summed E-state index contributed by atoms with van der Waals surface area (Å²) in [6, 6.07) is 10.1. The van der Waals surface area contributed by atoms with E-state index in [0.29, 0.717) is 11.1 Å². The van der Waals surface area contributed by atoms with Crippen LogP contribution in [-0.4, -0.2) is 10.9 Å². The van der Waals surface area contributed by atoms with Gasteiger partial charge in [0.05, 0.1) is 0 Å². The molecule has 0 aliphatic heterocycles. The first-order valence-corrected chi connectivity index (χ1v) is 6.46. The van der Waals surface area contributed by atoms with Crippen LogP contribution in [0.15, 0.2) is 48.7 Å². The monoisotopic (exact) mass is 299 g/mol. The van der Waals surface area contributed by atoms with E-state index in [1.165, 1.54) is 12.3 Å². The first-order valence-electron chi connectivity index (χ1n) is 6.46. The molecule has 0 saturated carbocycles. The van der Waals surface area contributed by atoms with Crippen LogP contribution in [0.4, 0.5) is 20.2 Å². The molecule has 0 radical (unpaired) electrons. The summed E-state index contributed by atoms with van der Waals surface area (Å²) >= 11 is 0. The van der Waals surface area contributed by atoms with E-state index in [9.17, 15) is 13.6 Å². The summed E-state index contributed by atoms with van der Waals surface area (Å²) in [4.78, 5) is 16.3. The van der Waals surface area contributed by atoms with E-state index in [1.54, 1.807) is 24.3 Å². The smallest absolute Gasteiger partial charge is 0.275 e. The van der Waals surface area contributed by atoms with Crippen molar-refractivity contribution < 1.29 is 13.6 Å². The fourth-order valence-electron chi connectivity index (χ4n) is 2.16. The van der Waals surface area contributed by atoms with Gasteiger partial charge in [0.2, 0.25) is 0 Å².